The number of carbonyl (C=O) groups excluding carboxylic acids is 1. The van der Waals surface area contributed by atoms with Gasteiger partial charge in [0.15, 0.2) is 5.82 Å². The van der Waals surface area contributed by atoms with Crippen molar-refractivity contribution in [1.82, 2.24) is 14.3 Å². The van der Waals surface area contributed by atoms with Gasteiger partial charge >= 0.3 is 6.18 Å². The number of halogens is 3. The maximum Gasteiger partial charge on any atom is 0.416 e. The SMILES string of the molecule is CC(=O)N(C)c1cc(C(F)(F)F)ccc1Nc1nc(-c2ccccn2)ns1. The van der Waals surface area contributed by atoms with E-state index in [1.54, 1.807) is 24.4 Å². The van der Waals surface area contributed by atoms with E-state index in [4.69, 9.17) is 0 Å². The molecule has 0 spiro atoms. The van der Waals surface area contributed by atoms with Crippen LogP contribution in [0.5, 0.6) is 0 Å². The standard InChI is InChI=1S/C17H14F3N5OS/c1-10(26)25(2)14-9-11(17(18,19)20)6-7-12(14)22-16-23-15(24-27-16)13-5-3-4-8-21-13/h3-9H,1-2H3,(H,22,23,24). The third kappa shape index (κ3) is 4.22. The van der Waals surface area contributed by atoms with Gasteiger partial charge in [0.1, 0.15) is 5.69 Å². The first-order chi connectivity index (χ1) is 12.8. The second kappa shape index (κ2) is 7.31. The molecular formula is C17H14F3N5OS. The van der Waals surface area contributed by atoms with Crippen LogP contribution in [0, 0.1) is 0 Å². The summed E-state index contributed by atoms with van der Waals surface area (Å²) in [6.45, 7) is 1.27. The molecule has 0 saturated heterocycles. The number of pyridine rings is 1. The Balaban J connectivity index is 1.94. The first-order valence-corrected chi connectivity index (χ1v) is 8.50. The molecule has 1 amide bonds. The second-order valence-electron chi connectivity index (χ2n) is 5.57. The molecule has 1 aromatic carbocycles. The average Bonchev–Trinajstić information content (AvgIpc) is 3.10. The number of benzene rings is 1. The molecule has 0 bridgehead atoms. The normalized spacial score (nSPS) is 11.3. The predicted octanol–water partition coefficient (Wildman–Crippen LogP) is 4.35. The Labute approximate surface area is 156 Å². The number of aromatic nitrogens is 3. The smallest absolute Gasteiger partial charge is 0.329 e. The first-order valence-electron chi connectivity index (χ1n) is 7.73. The van der Waals surface area contributed by atoms with Gasteiger partial charge in [-0.05, 0) is 30.3 Å². The molecule has 140 valence electrons. The highest BCUT2D eigenvalue weighted by Gasteiger charge is 2.31. The first kappa shape index (κ1) is 18.8. The molecule has 0 fully saturated rings. The summed E-state index contributed by atoms with van der Waals surface area (Å²) in [5, 5.41) is 3.30. The van der Waals surface area contributed by atoms with Crippen LogP contribution in [0.15, 0.2) is 42.6 Å². The van der Waals surface area contributed by atoms with Crippen molar-refractivity contribution in [3.8, 4) is 11.5 Å². The molecule has 0 aliphatic rings. The molecule has 0 aliphatic heterocycles. The predicted molar refractivity (Wildman–Crippen MR) is 97.0 cm³/mol. The van der Waals surface area contributed by atoms with Crippen molar-refractivity contribution in [3.05, 3.63) is 48.2 Å². The number of nitrogens with one attached hydrogen (secondary N) is 1. The Morgan fingerprint density at radius 1 is 1.22 bits per heavy atom. The van der Waals surface area contributed by atoms with Gasteiger partial charge in [-0.15, -0.1) is 0 Å². The van der Waals surface area contributed by atoms with Crippen LogP contribution in [-0.4, -0.2) is 27.3 Å². The quantitative estimate of drug-likeness (QED) is 0.714. The zero-order chi connectivity index (χ0) is 19.6. The lowest BCUT2D eigenvalue weighted by atomic mass is 10.1. The maximum absolute atomic E-state index is 13.0. The van der Waals surface area contributed by atoms with Crippen LogP contribution in [-0.2, 0) is 11.0 Å². The van der Waals surface area contributed by atoms with E-state index in [1.807, 2.05) is 0 Å². The summed E-state index contributed by atoms with van der Waals surface area (Å²) in [4.78, 5) is 21.3. The van der Waals surface area contributed by atoms with Gasteiger partial charge in [0, 0.05) is 31.7 Å². The highest BCUT2D eigenvalue weighted by atomic mass is 32.1. The lowest BCUT2D eigenvalue weighted by Gasteiger charge is -2.21. The minimum Gasteiger partial charge on any atom is -0.329 e. The van der Waals surface area contributed by atoms with Crippen molar-refractivity contribution in [3.63, 3.8) is 0 Å². The monoisotopic (exact) mass is 393 g/mol. The summed E-state index contributed by atoms with van der Waals surface area (Å²) in [5.41, 5.74) is 0.134. The number of anilines is 3. The van der Waals surface area contributed by atoms with E-state index in [2.05, 4.69) is 19.7 Å². The lowest BCUT2D eigenvalue weighted by Crippen LogP contribution is -2.24. The Kier molecular flexibility index (Phi) is 5.08. The highest BCUT2D eigenvalue weighted by molar-refractivity contribution is 7.10. The molecular weight excluding hydrogens is 379 g/mol. The molecule has 2 aromatic heterocycles. The molecule has 2 heterocycles. The summed E-state index contributed by atoms with van der Waals surface area (Å²) < 4.78 is 43.3. The molecule has 3 rings (SSSR count). The molecule has 0 saturated carbocycles. The van der Waals surface area contributed by atoms with E-state index in [-0.39, 0.29) is 5.69 Å². The fraction of sp³-hybridized carbons (Fsp3) is 0.176. The van der Waals surface area contributed by atoms with Crippen molar-refractivity contribution in [1.29, 1.82) is 0 Å². The summed E-state index contributed by atoms with van der Waals surface area (Å²) in [7, 11) is 1.41. The molecule has 27 heavy (non-hydrogen) atoms. The molecule has 6 nitrogen and oxygen atoms in total. The third-order valence-electron chi connectivity index (χ3n) is 3.72. The van der Waals surface area contributed by atoms with Gasteiger partial charge in [-0.25, -0.2) is 0 Å². The zero-order valence-corrected chi connectivity index (χ0v) is 15.1. The van der Waals surface area contributed by atoms with Crippen LogP contribution in [0.25, 0.3) is 11.5 Å². The Morgan fingerprint density at radius 3 is 2.63 bits per heavy atom. The Morgan fingerprint density at radius 2 is 2.00 bits per heavy atom. The minimum absolute atomic E-state index is 0.0897. The van der Waals surface area contributed by atoms with Crippen molar-refractivity contribution >= 4 is 33.9 Å². The number of amides is 1. The minimum atomic E-state index is -4.51. The Hall–Kier alpha value is -3.01. The van der Waals surface area contributed by atoms with Gasteiger partial charge in [-0.2, -0.15) is 22.5 Å². The highest BCUT2D eigenvalue weighted by Crippen LogP contribution is 2.37. The summed E-state index contributed by atoms with van der Waals surface area (Å²) >= 11 is 1.04. The molecule has 0 aliphatic carbocycles. The number of alkyl halides is 3. The number of hydrogen-bond donors (Lipinski definition) is 1. The van der Waals surface area contributed by atoms with Gasteiger partial charge in [-0.1, -0.05) is 6.07 Å². The Bertz CT molecular complexity index is 959. The van der Waals surface area contributed by atoms with E-state index in [0.29, 0.717) is 22.3 Å². The molecule has 1 N–H and O–H groups in total. The number of rotatable bonds is 4. The summed E-state index contributed by atoms with van der Waals surface area (Å²) in [6, 6.07) is 8.44. The van der Waals surface area contributed by atoms with Gasteiger partial charge in [0.05, 0.1) is 16.9 Å². The van der Waals surface area contributed by atoms with Crippen molar-refractivity contribution < 1.29 is 18.0 Å². The molecule has 3 aromatic rings. The van der Waals surface area contributed by atoms with E-state index >= 15 is 0 Å². The lowest BCUT2D eigenvalue weighted by molar-refractivity contribution is -0.137. The van der Waals surface area contributed by atoms with Crippen LogP contribution < -0.4 is 10.2 Å². The maximum atomic E-state index is 13.0. The van der Waals surface area contributed by atoms with Crippen LogP contribution >= 0.6 is 11.5 Å². The van der Waals surface area contributed by atoms with Gasteiger partial charge in [0.2, 0.25) is 11.0 Å². The van der Waals surface area contributed by atoms with Crippen LogP contribution in [0.1, 0.15) is 12.5 Å². The van der Waals surface area contributed by atoms with Crippen LogP contribution in [0.2, 0.25) is 0 Å². The fourth-order valence-corrected chi connectivity index (χ4v) is 2.84. The van der Waals surface area contributed by atoms with E-state index < -0.39 is 17.6 Å². The molecule has 10 heteroatoms. The van der Waals surface area contributed by atoms with Crippen molar-refractivity contribution in [2.45, 2.75) is 13.1 Å². The topological polar surface area (TPSA) is 71.0 Å². The van der Waals surface area contributed by atoms with E-state index in [9.17, 15) is 18.0 Å². The van der Waals surface area contributed by atoms with E-state index in [1.165, 1.54) is 20.0 Å². The zero-order valence-electron chi connectivity index (χ0n) is 14.3. The van der Waals surface area contributed by atoms with Crippen LogP contribution in [0.3, 0.4) is 0 Å². The summed E-state index contributed by atoms with van der Waals surface area (Å²) in [6.07, 6.45) is -2.90. The van der Waals surface area contributed by atoms with Gasteiger partial charge in [0.25, 0.3) is 0 Å². The average molecular weight is 393 g/mol. The fourth-order valence-electron chi connectivity index (χ4n) is 2.25. The summed E-state index contributed by atoms with van der Waals surface area (Å²) in [5.74, 6) is 0.000275. The molecule has 0 radical (unpaired) electrons. The molecule has 0 atom stereocenters. The second-order valence-corrected chi connectivity index (χ2v) is 6.32. The molecule has 0 unspecified atom stereocenters. The van der Waals surface area contributed by atoms with Gasteiger partial charge in [-0.3, -0.25) is 9.78 Å². The van der Waals surface area contributed by atoms with Crippen LogP contribution in [0.4, 0.5) is 29.7 Å². The number of nitrogens with zero attached hydrogens (tertiary/aromatic N) is 4. The van der Waals surface area contributed by atoms with Crippen molar-refractivity contribution in [2.75, 3.05) is 17.3 Å². The number of carbonyl (C=O) groups is 1. The van der Waals surface area contributed by atoms with E-state index in [0.717, 1.165) is 28.6 Å². The van der Waals surface area contributed by atoms with Gasteiger partial charge < -0.3 is 10.2 Å². The third-order valence-corrected chi connectivity index (χ3v) is 4.35. The largest absolute Gasteiger partial charge is 0.416 e. The number of hydrogen-bond acceptors (Lipinski definition) is 6. The van der Waals surface area contributed by atoms with Crippen molar-refractivity contribution in [2.24, 2.45) is 0 Å².